The average molecular weight is 373 g/mol. The van der Waals surface area contributed by atoms with Gasteiger partial charge in [-0.1, -0.05) is 50.5 Å². The summed E-state index contributed by atoms with van der Waals surface area (Å²) in [4.78, 5) is 0. The Morgan fingerprint density at radius 3 is 2.13 bits per heavy atom. The summed E-state index contributed by atoms with van der Waals surface area (Å²) in [5, 5.41) is 0. The predicted octanol–water partition coefficient (Wildman–Crippen LogP) is 4.18. The molecule has 0 aliphatic carbocycles. The van der Waals surface area contributed by atoms with Crippen LogP contribution in [0.4, 0.5) is 0 Å². The summed E-state index contributed by atoms with van der Waals surface area (Å²) in [6.07, 6.45) is 7.35. The van der Waals surface area contributed by atoms with Crippen molar-refractivity contribution in [2.24, 2.45) is 0 Å². The summed E-state index contributed by atoms with van der Waals surface area (Å²) < 4.78 is 0. The number of aryl methyl sites for hydroxylation is 2. The minimum Gasteiger partial charge on any atom is -0.343 e. The SMILES string of the molecule is [CH2-]CCc1ccccc1CCCCC.[W]. The summed E-state index contributed by atoms with van der Waals surface area (Å²) in [7, 11) is 0. The molecule has 0 amide bonds. The molecular formula is C14H21W-. The molecule has 0 N–H and O–H groups in total. The number of unbranched alkanes of at least 4 members (excludes halogenated alkanes) is 2. The van der Waals surface area contributed by atoms with Gasteiger partial charge >= 0.3 is 0 Å². The van der Waals surface area contributed by atoms with Gasteiger partial charge in [0.05, 0.1) is 0 Å². The van der Waals surface area contributed by atoms with Crippen molar-refractivity contribution in [3.63, 3.8) is 0 Å². The summed E-state index contributed by atoms with van der Waals surface area (Å²) in [6, 6.07) is 8.79. The summed E-state index contributed by atoms with van der Waals surface area (Å²) in [5.41, 5.74) is 3.03. The van der Waals surface area contributed by atoms with Crippen LogP contribution in [0.3, 0.4) is 0 Å². The van der Waals surface area contributed by atoms with E-state index >= 15 is 0 Å². The van der Waals surface area contributed by atoms with E-state index in [1.165, 1.54) is 36.8 Å². The standard InChI is InChI=1S/C14H21.W/c1-3-5-6-10-14-12-8-7-11-13(14)9-4-2;/h7-8,11-12H,2-6,9-10H2,1H3;/q-1;. The molecule has 0 saturated carbocycles. The summed E-state index contributed by atoms with van der Waals surface area (Å²) >= 11 is 0. The van der Waals surface area contributed by atoms with Crippen LogP contribution in [-0.4, -0.2) is 0 Å². The van der Waals surface area contributed by atoms with Gasteiger partial charge in [0, 0.05) is 21.1 Å². The summed E-state index contributed by atoms with van der Waals surface area (Å²) in [5.74, 6) is 0. The molecule has 0 saturated heterocycles. The Morgan fingerprint density at radius 1 is 1.00 bits per heavy atom. The Morgan fingerprint density at radius 2 is 1.60 bits per heavy atom. The van der Waals surface area contributed by atoms with Crippen molar-refractivity contribution in [2.75, 3.05) is 0 Å². The van der Waals surface area contributed by atoms with E-state index in [9.17, 15) is 0 Å². The fourth-order valence-corrected chi connectivity index (χ4v) is 1.80. The topological polar surface area (TPSA) is 0 Å². The van der Waals surface area contributed by atoms with Gasteiger partial charge in [0.2, 0.25) is 0 Å². The van der Waals surface area contributed by atoms with Crippen LogP contribution >= 0.6 is 0 Å². The maximum Gasteiger partial charge on any atom is 0 e. The van der Waals surface area contributed by atoms with E-state index in [2.05, 4.69) is 38.1 Å². The molecule has 1 heteroatoms. The average Bonchev–Trinajstić information content (AvgIpc) is 2.21. The first-order valence-electron chi connectivity index (χ1n) is 5.74. The molecule has 0 fully saturated rings. The molecule has 0 aliphatic heterocycles. The van der Waals surface area contributed by atoms with Crippen LogP contribution in [0.5, 0.6) is 0 Å². The van der Waals surface area contributed by atoms with Crippen LogP contribution in [0, 0.1) is 6.92 Å². The van der Waals surface area contributed by atoms with Gasteiger partial charge < -0.3 is 6.92 Å². The molecule has 84 valence electrons. The van der Waals surface area contributed by atoms with Gasteiger partial charge in [0.15, 0.2) is 0 Å². The minimum absolute atomic E-state index is 0. The van der Waals surface area contributed by atoms with Gasteiger partial charge in [0.25, 0.3) is 0 Å². The Hall–Kier alpha value is -0.0917. The molecule has 0 bridgehead atoms. The van der Waals surface area contributed by atoms with Gasteiger partial charge in [-0.05, 0) is 24.0 Å². The first-order valence-corrected chi connectivity index (χ1v) is 5.74. The molecule has 0 aliphatic rings. The van der Waals surface area contributed by atoms with Crippen LogP contribution in [0.2, 0.25) is 0 Å². The third kappa shape index (κ3) is 5.52. The summed E-state index contributed by atoms with van der Waals surface area (Å²) in [6.45, 7) is 6.17. The molecule has 0 spiro atoms. The monoisotopic (exact) mass is 373 g/mol. The van der Waals surface area contributed by atoms with Crippen LogP contribution in [-0.2, 0) is 33.9 Å². The zero-order valence-corrected chi connectivity index (χ0v) is 12.6. The molecule has 0 unspecified atom stereocenters. The van der Waals surface area contributed by atoms with E-state index in [-0.39, 0.29) is 21.1 Å². The molecule has 0 atom stereocenters. The van der Waals surface area contributed by atoms with Gasteiger partial charge in [0.1, 0.15) is 0 Å². The molecule has 1 aromatic rings. The number of rotatable bonds is 6. The van der Waals surface area contributed by atoms with E-state index in [0.717, 1.165) is 12.8 Å². The van der Waals surface area contributed by atoms with Crippen molar-refractivity contribution in [1.29, 1.82) is 0 Å². The van der Waals surface area contributed by atoms with Gasteiger partial charge in [-0.15, -0.1) is 0 Å². The Labute approximate surface area is 109 Å². The third-order valence-electron chi connectivity index (χ3n) is 2.61. The van der Waals surface area contributed by atoms with Crippen molar-refractivity contribution in [2.45, 2.75) is 45.4 Å². The first kappa shape index (κ1) is 14.9. The van der Waals surface area contributed by atoms with Gasteiger partial charge in [-0.25, -0.2) is 0 Å². The Kier molecular flexibility index (Phi) is 9.10. The largest absolute Gasteiger partial charge is 0.343 e. The van der Waals surface area contributed by atoms with E-state index in [0.29, 0.717) is 0 Å². The molecule has 15 heavy (non-hydrogen) atoms. The predicted molar refractivity (Wildman–Crippen MR) is 63.3 cm³/mol. The maximum absolute atomic E-state index is 3.92. The zero-order valence-electron chi connectivity index (χ0n) is 9.67. The number of hydrogen-bond acceptors (Lipinski definition) is 0. The van der Waals surface area contributed by atoms with E-state index in [1.807, 2.05) is 0 Å². The van der Waals surface area contributed by atoms with E-state index in [4.69, 9.17) is 0 Å². The molecule has 0 nitrogen and oxygen atoms in total. The second kappa shape index (κ2) is 9.16. The normalized spacial score (nSPS) is 9.73. The second-order valence-corrected chi connectivity index (χ2v) is 3.83. The van der Waals surface area contributed by atoms with Crippen molar-refractivity contribution >= 4 is 0 Å². The maximum atomic E-state index is 3.92. The molecule has 1 rings (SSSR count). The van der Waals surface area contributed by atoms with Crippen LogP contribution in [0.1, 0.15) is 43.7 Å². The Balaban J connectivity index is 0.00000196. The third-order valence-corrected chi connectivity index (χ3v) is 2.61. The number of benzene rings is 1. The minimum atomic E-state index is 0. The molecule has 1 aromatic carbocycles. The quantitative estimate of drug-likeness (QED) is 0.519. The molecule has 0 radical (unpaired) electrons. The van der Waals surface area contributed by atoms with E-state index < -0.39 is 0 Å². The fraction of sp³-hybridized carbons (Fsp3) is 0.500. The molecule has 0 aromatic heterocycles. The zero-order chi connectivity index (χ0) is 10.2. The van der Waals surface area contributed by atoms with Crippen molar-refractivity contribution in [3.05, 3.63) is 42.3 Å². The van der Waals surface area contributed by atoms with Crippen LogP contribution in [0.15, 0.2) is 24.3 Å². The smallest absolute Gasteiger partial charge is 0 e. The Bertz CT molecular complexity index is 255. The van der Waals surface area contributed by atoms with Crippen molar-refractivity contribution in [3.8, 4) is 0 Å². The number of hydrogen-bond donors (Lipinski definition) is 0. The van der Waals surface area contributed by atoms with E-state index in [1.54, 1.807) is 0 Å². The van der Waals surface area contributed by atoms with Gasteiger partial charge in [-0.2, -0.15) is 6.42 Å². The van der Waals surface area contributed by atoms with Crippen molar-refractivity contribution in [1.82, 2.24) is 0 Å². The first-order chi connectivity index (χ1) is 6.88. The fourth-order valence-electron chi connectivity index (χ4n) is 1.80. The van der Waals surface area contributed by atoms with Crippen molar-refractivity contribution < 1.29 is 21.1 Å². The molecule has 0 heterocycles. The second-order valence-electron chi connectivity index (χ2n) is 3.83. The van der Waals surface area contributed by atoms with Crippen LogP contribution in [0.25, 0.3) is 0 Å². The van der Waals surface area contributed by atoms with Gasteiger partial charge in [-0.3, -0.25) is 0 Å². The molecular weight excluding hydrogens is 352 g/mol. The van der Waals surface area contributed by atoms with Crippen LogP contribution < -0.4 is 0 Å².